The number of benzene rings is 2. The van der Waals surface area contributed by atoms with Crippen LogP contribution in [0.15, 0.2) is 65.8 Å². The molecule has 0 aliphatic carbocycles. The summed E-state index contributed by atoms with van der Waals surface area (Å²) in [5, 5.41) is 11.3. The van der Waals surface area contributed by atoms with Gasteiger partial charge < -0.3 is 25.0 Å². The maximum absolute atomic E-state index is 14.1. The Labute approximate surface area is 258 Å². The Morgan fingerprint density at radius 1 is 0.977 bits per heavy atom. The molecule has 11 nitrogen and oxygen atoms in total. The Balaban J connectivity index is 1.54. The molecule has 2 heterocycles. The number of nitrogens with zero attached hydrogens (tertiary/aromatic N) is 3. The van der Waals surface area contributed by atoms with Gasteiger partial charge in [-0.2, -0.15) is 5.10 Å². The van der Waals surface area contributed by atoms with Crippen LogP contribution in [-0.4, -0.2) is 83.4 Å². The standard InChI is InChI=1S/C33H43N5O6/c1-31(2,3)44-30(42)35-32(4,5)28(40)34-25(21-43-20-24-15-11-8-12-16-24)27(39)38-18-17-26-33(22-38,29(41)37(6)36-26)19-23-13-9-7-10-14-23/h7-16,25H,17-22H2,1-6H3,(H,34,40)(H,35,42)/t25-,33+/m1/s1. The van der Waals surface area contributed by atoms with Crippen LogP contribution in [0.2, 0.25) is 0 Å². The number of likely N-dealkylation sites (tertiary alicyclic amines) is 1. The number of hydrogen-bond acceptors (Lipinski definition) is 7. The van der Waals surface area contributed by atoms with Crippen molar-refractivity contribution in [3.63, 3.8) is 0 Å². The fourth-order valence-electron chi connectivity index (χ4n) is 5.43. The molecule has 44 heavy (non-hydrogen) atoms. The molecule has 11 heteroatoms. The molecule has 0 bridgehead atoms. The molecule has 0 radical (unpaired) electrons. The first-order chi connectivity index (χ1) is 20.7. The van der Waals surface area contributed by atoms with Crippen molar-refractivity contribution in [2.24, 2.45) is 10.5 Å². The molecule has 2 atom stereocenters. The summed E-state index contributed by atoms with van der Waals surface area (Å²) < 4.78 is 11.3. The number of piperidine rings is 1. The third-order valence-electron chi connectivity index (χ3n) is 7.65. The molecule has 236 valence electrons. The van der Waals surface area contributed by atoms with Gasteiger partial charge in [-0.05, 0) is 52.2 Å². The van der Waals surface area contributed by atoms with Crippen molar-refractivity contribution in [2.45, 2.75) is 71.2 Å². The molecule has 2 aromatic rings. The van der Waals surface area contributed by atoms with Crippen LogP contribution in [0.3, 0.4) is 0 Å². The minimum atomic E-state index is -1.40. The number of hydrazone groups is 1. The molecule has 0 saturated carbocycles. The second-order valence-corrected chi connectivity index (χ2v) is 12.9. The van der Waals surface area contributed by atoms with Crippen molar-refractivity contribution >= 4 is 29.5 Å². The third kappa shape index (κ3) is 7.82. The van der Waals surface area contributed by atoms with Crippen molar-refractivity contribution in [2.75, 3.05) is 26.7 Å². The highest BCUT2D eigenvalue weighted by Crippen LogP contribution is 2.38. The zero-order chi connectivity index (χ0) is 32.1. The molecule has 2 aliphatic rings. The summed E-state index contributed by atoms with van der Waals surface area (Å²) in [7, 11) is 1.63. The summed E-state index contributed by atoms with van der Waals surface area (Å²) in [5.41, 5.74) is -0.525. The van der Waals surface area contributed by atoms with Crippen LogP contribution >= 0.6 is 0 Å². The molecular formula is C33H43N5O6. The summed E-state index contributed by atoms with van der Waals surface area (Å²) >= 11 is 0. The normalized spacial score (nSPS) is 19.1. The van der Waals surface area contributed by atoms with Crippen molar-refractivity contribution in [1.29, 1.82) is 0 Å². The van der Waals surface area contributed by atoms with E-state index in [4.69, 9.17) is 9.47 Å². The number of carbonyl (C=O) groups is 4. The van der Waals surface area contributed by atoms with Crippen molar-refractivity contribution in [3.05, 3.63) is 71.8 Å². The minimum absolute atomic E-state index is 0.112. The Morgan fingerprint density at radius 2 is 1.59 bits per heavy atom. The zero-order valence-corrected chi connectivity index (χ0v) is 26.4. The Hall–Kier alpha value is -4.25. The summed E-state index contributed by atoms with van der Waals surface area (Å²) in [6, 6.07) is 18.1. The van der Waals surface area contributed by atoms with Gasteiger partial charge >= 0.3 is 6.09 Å². The fourth-order valence-corrected chi connectivity index (χ4v) is 5.43. The molecule has 2 aromatic carbocycles. The largest absolute Gasteiger partial charge is 0.444 e. The molecule has 1 fully saturated rings. The lowest BCUT2D eigenvalue weighted by atomic mass is 9.73. The minimum Gasteiger partial charge on any atom is -0.444 e. The van der Waals surface area contributed by atoms with E-state index in [1.54, 1.807) is 32.7 Å². The average Bonchev–Trinajstić information content (AvgIpc) is 3.20. The van der Waals surface area contributed by atoms with Gasteiger partial charge in [-0.3, -0.25) is 14.4 Å². The van der Waals surface area contributed by atoms with Gasteiger partial charge in [0, 0.05) is 26.6 Å². The van der Waals surface area contributed by atoms with E-state index in [0.29, 0.717) is 19.4 Å². The first-order valence-corrected chi connectivity index (χ1v) is 14.8. The maximum Gasteiger partial charge on any atom is 0.408 e. The van der Waals surface area contributed by atoms with E-state index in [-0.39, 0.29) is 31.6 Å². The van der Waals surface area contributed by atoms with Crippen molar-refractivity contribution in [1.82, 2.24) is 20.5 Å². The predicted octanol–water partition coefficient (Wildman–Crippen LogP) is 3.28. The van der Waals surface area contributed by atoms with Gasteiger partial charge in [0.15, 0.2) is 0 Å². The van der Waals surface area contributed by atoms with Crippen molar-refractivity contribution < 1.29 is 28.7 Å². The lowest BCUT2D eigenvalue weighted by molar-refractivity contribution is -0.144. The number of hydrogen-bond donors (Lipinski definition) is 2. The average molecular weight is 606 g/mol. The first-order valence-electron chi connectivity index (χ1n) is 14.8. The SMILES string of the molecule is CN1N=C2CCN(C(=O)[C@@H](COCc3ccccc3)NC(=O)C(C)(C)NC(=O)OC(C)(C)C)C[C@]2(Cc2ccccc2)C1=O. The van der Waals surface area contributed by atoms with Crippen LogP contribution in [0, 0.1) is 5.41 Å². The Morgan fingerprint density at radius 3 is 2.20 bits per heavy atom. The van der Waals surface area contributed by atoms with E-state index in [1.807, 2.05) is 60.7 Å². The predicted molar refractivity (Wildman–Crippen MR) is 165 cm³/mol. The van der Waals surface area contributed by atoms with Gasteiger partial charge in [-0.1, -0.05) is 60.7 Å². The highest BCUT2D eigenvalue weighted by Gasteiger charge is 2.54. The third-order valence-corrected chi connectivity index (χ3v) is 7.65. The van der Waals surface area contributed by atoms with Gasteiger partial charge in [0.25, 0.3) is 5.91 Å². The van der Waals surface area contributed by atoms with Crippen LogP contribution < -0.4 is 10.6 Å². The van der Waals surface area contributed by atoms with Gasteiger partial charge in [-0.25, -0.2) is 9.80 Å². The molecule has 2 aliphatic heterocycles. The molecule has 4 amide bonds. The molecule has 4 rings (SSSR count). The van der Waals surface area contributed by atoms with Gasteiger partial charge in [0.1, 0.15) is 22.6 Å². The lowest BCUT2D eigenvalue weighted by Gasteiger charge is -2.41. The topological polar surface area (TPSA) is 130 Å². The van der Waals surface area contributed by atoms with Crippen LogP contribution in [0.4, 0.5) is 4.79 Å². The summed E-state index contributed by atoms with van der Waals surface area (Å²) in [5.74, 6) is -1.13. The summed E-state index contributed by atoms with van der Waals surface area (Å²) in [6.07, 6.45) is 0.0651. The number of rotatable bonds is 10. The summed E-state index contributed by atoms with van der Waals surface area (Å²) in [6.45, 7) is 8.82. The van der Waals surface area contributed by atoms with Crippen molar-refractivity contribution in [3.8, 4) is 0 Å². The van der Waals surface area contributed by atoms with Crippen LogP contribution in [0.5, 0.6) is 0 Å². The molecular weight excluding hydrogens is 562 g/mol. The second-order valence-electron chi connectivity index (χ2n) is 12.9. The molecule has 0 spiro atoms. The molecule has 0 aromatic heterocycles. The number of nitrogens with one attached hydrogen (secondary N) is 2. The second kappa shape index (κ2) is 13.2. The number of alkyl carbamates (subject to hydrolysis) is 1. The maximum atomic E-state index is 14.1. The van der Waals surface area contributed by atoms with Crippen LogP contribution in [0.1, 0.15) is 52.2 Å². The smallest absolute Gasteiger partial charge is 0.408 e. The monoisotopic (exact) mass is 605 g/mol. The van der Waals surface area contributed by atoms with Crippen LogP contribution in [-0.2, 0) is 36.9 Å². The van der Waals surface area contributed by atoms with E-state index < -0.39 is 34.6 Å². The van der Waals surface area contributed by atoms with Crippen LogP contribution in [0.25, 0.3) is 0 Å². The van der Waals surface area contributed by atoms with Gasteiger partial charge in [-0.15, -0.1) is 0 Å². The zero-order valence-electron chi connectivity index (χ0n) is 26.4. The lowest BCUT2D eigenvalue weighted by Crippen LogP contribution is -2.63. The quantitative estimate of drug-likeness (QED) is 0.428. The fraction of sp³-hybridized carbons (Fsp3) is 0.485. The number of amides is 4. The highest BCUT2D eigenvalue weighted by molar-refractivity contribution is 6.13. The van der Waals surface area contributed by atoms with E-state index in [9.17, 15) is 19.2 Å². The van der Waals surface area contributed by atoms with E-state index in [2.05, 4.69) is 15.7 Å². The number of fused-ring (bicyclic) bond motifs is 1. The molecule has 1 saturated heterocycles. The number of carbonyl (C=O) groups excluding carboxylic acids is 4. The first kappa shape index (κ1) is 32.7. The van der Waals surface area contributed by atoms with E-state index >= 15 is 0 Å². The highest BCUT2D eigenvalue weighted by atomic mass is 16.6. The molecule has 2 N–H and O–H groups in total. The van der Waals surface area contributed by atoms with E-state index in [1.165, 1.54) is 18.9 Å². The van der Waals surface area contributed by atoms with Gasteiger partial charge in [0.05, 0.1) is 18.9 Å². The molecule has 0 unspecified atom stereocenters. The number of ether oxygens (including phenoxy) is 2. The van der Waals surface area contributed by atoms with Gasteiger partial charge in [0.2, 0.25) is 11.8 Å². The van der Waals surface area contributed by atoms with E-state index in [0.717, 1.165) is 16.8 Å². The summed E-state index contributed by atoms with van der Waals surface area (Å²) in [4.78, 5) is 55.3. The Bertz CT molecular complexity index is 1390. The Kier molecular flexibility index (Phi) is 9.78.